The highest BCUT2D eigenvalue weighted by molar-refractivity contribution is 6.32. The van der Waals surface area contributed by atoms with E-state index < -0.39 is 0 Å². The van der Waals surface area contributed by atoms with E-state index in [-0.39, 0.29) is 24.0 Å². The Labute approximate surface area is 141 Å². The van der Waals surface area contributed by atoms with Crippen LogP contribution in [0.4, 0.5) is 0 Å². The molecule has 1 aliphatic carbocycles. The second kappa shape index (κ2) is 7.07. The van der Waals surface area contributed by atoms with E-state index in [1.807, 2.05) is 4.90 Å². The number of carbonyl (C=O) groups is 1. The third kappa shape index (κ3) is 3.32. The Balaban J connectivity index is 1.83. The van der Waals surface area contributed by atoms with Crippen LogP contribution in [0.25, 0.3) is 0 Å². The lowest BCUT2D eigenvalue weighted by atomic mass is 9.93. The summed E-state index contributed by atoms with van der Waals surface area (Å²) in [5.41, 5.74) is 0.547. The molecule has 1 aliphatic heterocycles. The van der Waals surface area contributed by atoms with Gasteiger partial charge in [0.05, 0.1) is 37.5 Å². The van der Waals surface area contributed by atoms with Crippen molar-refractivity contribution in [1.29, 1.82) is 0 Å². The molecule has 0 aromatic heterocycles. The van der Waals surface area contributed by atoms with Gasteiger partial charge in [0.1, 0.15) is 5.75 Å². The summed E-state index contributed by atoms with van der Waals surface area (Å²) < 4.78 is 10.8. The molecule has 1 heterocycles. The summed E-state index contributed by atoms with van der Waals surface area (Å²) >= 11 is 6.04. The maximum atomic E-state index is 12.9. The zero-order valence-electron chi connectivity index (χ0n) is 13.2. The normalized spacial score (nSPS) is 28.0. The van der Waals surface area contributed by atoms with Crippen LogP contribution in [-0.4, -0.2) is 54.9 Å². The number of hydrogen-bond acceptors (Lipinski definition) is 4. The summed E-state index contributed by atoms with van der Waals surface area (Å²) in [4.78, 5) is 14.8. The molecule has 2 fully saturated rings. The zero-order valence-corrected chi connectivity index (χ0v) is 14.0. The molecule has 6 heteroatoms. The summed E-state index contributed by atoms with van der Waals surface area (Å²) in [5.74, 6) is 0.518. The van der Waals surface area contributed by atoms with Crippen LogP contribution in [0, 0.1) is 5.92 Å². The Kier molecular flexibility index (Phi) is 5.09. The molecule has 1 aromatic carbocycles. The maximum absolute atomic E-state index is 12.9. The van der Waals surface area contributed by atoms with E-state index in [9.17, 15) is 9.90 Å². The minimum Gasteiger partial charge on any atom is -0.495 e. The number of halogens is 1. The Morgan fingerprint density at radius 2 is 2.26 bits per heavy atom. The molecule has 126 valence electrons. The Morgan fingerprint density at radius 3 is 2.96 bits per heavy atom. The van der Waals surface area contributed by atoms with Crippen LogP contribution < -0.4 is 4.74 Å². The highest BCUT2D eigenvalue weighted by Crippen LogP contribution is 2.33. The third-order valence-corrected chi connectivity index (χ3v) is 5.16. The summed E-state index contributed by atoms with van der Waals surface area (Å²) in [5, 5.41) is 10.7. The first-order valence-corrected chi connectivity index (χ1v) is 8.40. The molecular formula is C17H22ClNO4. The van der Waals surface area contributed by atoms with Crippen LogP contribution in [0.5, 0.6) is 5.75 Å². The van der Waals surface area contributed by atoms with Gasteiger partial charge in [0.2, 0.25) is 0 Å². The molecule has 3 rings (SSSR count). The first-order chi connectivity index (χ1) is 11.1. The number of methoxy groups -OCH3 is 1. The topological polar surface area (TPSA) is 59.0 Å². The van der Waals surface area contributed by atoms with Crippen molar-refractivity contribution < 1.29 is 19.4 Å². The first-order valence-electron chi connectivity index (χ1n) is 8.02. The van der Waals surface area contributed by atoms with Gasteiger partial charge >= 0.3 is 0 Å². The Hall–Kier alpha value is -1.30. The van der Waals surface area contributed by atoms with E-state index in [4.69, 9.17) is 21.1 Å². The van der Waals surface area contributed by atoms with Crippen molar-refractivity contribution in [2.24, 2.45) is 5.92 Å². The van der Waals surface area contributed by atoms with Gasteiger partial charge in [-0.05, 0) is 31.0 Å². The van der Waals surface area contributed by atoms with E-state index in [1.165, 1.54) is 7.11 Å². The van der Waals surface area contributed by atoms with Crippen LogP contribution in [0.15, 0.2) is 18.2 Å². The van der Waals surface area contributed by atoms with Crippen LogP contribution >= 0.6 is 11.6 Å². The number of hydrogen-bond donors (Lipinski definition) is 1. The molecule has 1 N–H and O–H groups in total. The number of amides is 1. The van der Waals surface area contributed by atoms with Gasteiger partial charge in [-0.3, -0.25) is 4.79 Å². The van der Waals surface area contributed by atoms with Gasteiger partial charge in [0.15, 0.2) is 0 Å². The molecular weight excluding hydrogens is 318 g/mol. The molecule has 0 bridgehead atoms. The number of rotatable bonds is 3. The largest absolute Gasteiger partial charge is 0.495 e. The summed E-state index contributed by atoms with van der Waals surface area (Å²) in [7, 11) is 1.53. The fourth-order valence-electron chi connectivity index (χ4n) is 3.61. The summed E-state index contributed by atoms with van der Waals surface area (Å²) in [6, 6.07) is 4.98. The van der Waals surface area contributed by atoms with Crippen LogP contribution in [0.1, 0.15) is 29.6 Å². The average Bonchev–Trinajstić information content (AvgIpc) is 3.00. The fourth-order valence-corrected chi connectivity index (χ4v) is 3.80. The minimum atomic E-state index is -0.350. The number of carbonyl (C=O) groups excluding carboxylic acids is 1. The Bertz CT molecular complexity index is 580. The standard InChI is InChI=1S/C17H22ClNO4/c1-22-16-9-11(5-6-13(16)18)17(21)19-7-8-23-10-14(19)12-3-2-4-15(12)20/h5-6,9,12,14-15,20H,2-4,7-8,10H2,1H3/t12-,14+,15-/m0/s1. The van der Waals surface area contributed by atoms with Gasteiger partial charge in [-0.2, -0.15) is 0 Å². The number of ether oxygens (including phenoxy) is 2. The van der Waals surface area contributed by atoms with Crippen molar-refractivity contribution in [3.63, 3.8) is 0 Å². The molecule has 0 unspecified atom stereocenters. The molecule has 5 nitrogen and oxygen atoms in total. The molecule has 1 saturated heterocycles. The van der Waals surface area contributed by atoms with Crippen LogP contribution in [0.3, 0.4) is 0 Å². The third-order valence-electron chi connectivity index (χ3n) is 4.85. The first kappa shape index (κ1) is 16.6. The average molecular weight is 340 g/mol. The molecule has 1 aromatic rings. The minimum absolute atomic E-state index is 0.0626. The Morgan fingerprint density at radius 1 is 1.43 bits per heavy atom. The summed E-state index contributed by atoms with van der Waals surface area (Å²) in [6.07, 6.45) is 2.39. The molecule has 3 atom stereocenters. The van der Waals surface area contributed by atoms with Gasteiger partial charge in [-0.1, -0.05) is 18.0 Å². The van der Waals surface area contributed by atoms with Gasteiger partial charge in [-0.15, -0.1) is 0 Å². The molecule has 23 heavy (non-hydrogen) atoms. The van der Waals surface area contributed by atoms with Crippen molar-refractivity contribution in [3.05, 3.63) is 28.8 Å². The molecule has 1 saturated carbocycles. The number of nitrogens with zero attached hydrogens (tertiary/aromatic N) is 1. The number of morpholine rings is 1. The number of aliphatic hydroxyl groups is 1. The molecule has 0 radical (unpaired) electrons. The maximum Gasteiger partial charge on any atom is 0.254 e. The lowest BCUT2D eigenvalue weighted by Gasteiger charge is -2.40. The fraction of sp³-hybridized carbons (Fsp3) is 0.588. The van der Waals surface area contributed by atoms with Gasteiger partial charge in [0, 0.05) is 18.0 Å². The lowest BCUT2D eigenvalue weighted by Crippen LogP contribution is -2.53. The van der Waals surface area contributed by atoms with E-state index in [0.29, 0.717) is 36.1 Å². The summed E-state index contributed by atoms with van der Waals surface area (Å²) in [6.45, 7) is 1.55. The molecule has 1 amide bonds. The lowest BCUT2D eigenvalue weighted by molar-refractivity contribution is -0.0383. The van der Waals surface area contributed by atoms with Gasteiger partial charge in [-0.25, -0.2) is 0 Å². The van der Waals surface area contributed by atoms with E-state index in [2.05, 4.69) is 0 Å². The van der Waals surface area contributed by atoms with Crippen molar-refractivity contribution >= 4 is 17.5 Å². The van der Waals surface area contributed by atoms with Crippen LogP contribution in [-0.2, 0) is 4.74 Å². The molecule has 0 spiro atoms. The zero-order chi connectivity index (χ0) is 16.4. The van der Waals surface area contributed by atoms with E-state index in [0.717, 1.165) is 19.3 Å². The predicted octanol–water partition coefficient (Wildman–Crippen LogP) is 2.35. The van der Waals surface area contributed by atoms with Crippen molar-refractivity contribution in [2.45, 2.75) is 31.4 Å². The van der Waals surface area contributed by atoms with Crippen LogP contribution in [0.2, 0.25) is 5.02 Å². The highest BCUT2D eigenvalue weighted by atomic mass is 35.5. The number of aliphatic hydroxyl groups excluding tert-OH is 1. The van der Waals surface area contributed by atoms with Gasteiger partial charge < -0.3 is 19.5 Å². The van der Waals surface area contributed by atoms with E-state index in [1.54, 1.807) is 18.2 Å². The SMILES string of the molecule is COc1cc(C(=O)N2CCOC[C@@H]2[C@@H]2CCC[C@@H]2O)ccc1Cl. The highest BCUT2D eigenvalue weighted by Gasteiger charge is 2.39. The van der Waals surface area contributed by atoms with Gasteiger partial charge in [0.25, 0.3) is 5.91 Å². The number of benzene rings is 1. The van der Waals surface area contributed by atoms with Crippen molar-refractivity contribution in [3.8, 4) is 5.75 Å². The smallest absolute Gasteiger partial charge is 0.254 e. The quantitative estimate of drug-likeness (QED) is 0.918. The van der Waals surface area contributed by atoms with Crippen molar-refractivity contribution in [2.75, 3.05) is 26.9 Å². The second-order valence-electron chi connectivity index (χ2n) is 6.15. The van der Waals surface area contributed by atoms with E-state index >= 15 is 0 Å². The molecule has 2 aliphatic rings. The monoisotopic (exact) mass is 339 g/mol. The predicted molar refractivity (Wildman–Crippen MR) is 87.0 cm³/mol. The van der Waals surface area contributed by atoms with Crippen molar-refractivity contribution in [1.82, 2.24) is 4.90 Å². The second-order valence-corrected chi connectivity index (χ2v) is 6.56.